The summed E-state index contributed by atoms with van der Waals surface area (Å²) < 4.78 is 21.5. The fourth-order valence-electron chi connectivity index (χ4n) is 3.77. The summed E-state index contributed by atoms with van der Waals surface area (Å²) in [6.07, 6.45) is 1.06. The Kier molecular flexibility index (Phi) is 6.67. The average molecular weight is 387 g/mol. The minimum absolute atomic E-state index is 0.126. The molecule has 1 aliphatic rings. The van der Waals surface area contributed by atoms with E-state index in [1.807, 2.05) is 35.4 Å². The minimum Gasteiger partial charge on any atom is -0.381 e. The van der Waals surface area contributed by atoms with E-state index in [0.29, 0.717) is 0 Å². The van der Waals surface area contributed by atoms with Gasteiger partial charge in [0, 0.05) is 18.2 Å². The first kappa shape index (κ1) is 21.5. The summed E-state index contributed by atoms with van der Waals surface area (Å²) in [5.74, 6) is 0. The molecule has 1 unspecified atom stereocenters. The lowest BCUT2D eigenvalue weighted by Gasteiger charge is -2.54. The maximum Gasteiger partial charge on any atom is 0.469 e. The number of ether oxygens (including phenoxy) is 1. The summed E-state index contributed by atoms with van der Waals surface area (Å²) in [5.41, 5.74) is 0.149. The van der Waals surface area contributed by atoms with Crippen LogP contribution in [0.1, 0.15) is 52.2 Å². The van der Waals surface area contributed by atoms with E-state index in [0.717, 1.165) is 18.4 Å². The molecule has 0 amide bonds. The van der Waals surface area contributed by atoms with Gasteiger partial charge in [-0.2, -0.15) is 5.06 Å². The molecular weight excluding hydrogens is 357 g/mol. The molecule has 0 bridgehead atoms. The van der Waals surface area contributed by atoms with Crippen molar-refractivity contribution in [3.63, 3.8) is 0 Å². The summed E-state index contributed by atoms with van der Waals surface area (Å²) in [4.78, 5) is 24.5. The highest BCUT2D eigenvalue weighted by Crippen LogP contribution is 2.43. The van der Waals surface area contributed by atoms with Gasteiger partial charge in [-0.05, 0) is 46.1 Å². The molecule has 2 rings (SSSR count). The Balaban J connectivity index is 2.26. The van der Waals surface area contributed by atoms with E-state index < -0.39 is 13.9 Å². The van der Waals surface area contributed by atoms with Crippen LogP contribution in [0, 0.1) is 0 Å². The number of hydroxylamine groups is 2. The molecule has 1 atom stereocenters. The number of piperidine rings is 1. The molecule has 1 aromatic carbocycles. The number of phosphoric acid groups is 1. The third-order valence-corrected chi connectivity index (χ3v) is 5.17. The Morgan fingerprint density at radius 2 is 1.69 bits per heavy atom. The van der Waals surface area contributed by atoms with Crippen molar-refractivity contribution in [1.29, 1.82) is 0 Å². The number of hydrogen-bond donors (Lipinski definition) is 2. The Bertz CT molecular complexity index is 612. The lowest BCUT2D eigenvalue weighted by atomic mass is 9.80. The van der Waals surface area contributed by atoms with Gasteiger partial charge < -0.3 is 14.5 Å². The van der Waals surface area contributed by atoms with E-state index in [4.69, 9.17) is 23.9 Å². The monoisotopic (exact) mass is 387 g/mol. The smallest absolute Gasteiger partial charge is 0.381 e. The standard InChI is InChI=1S/C18H30NO6P/c1-17(2)11-15(23-5)12-18(3,4)19(17)25-16(13-24-26(20,21)22)14-9-7-6-8-10-14/h6-10,15-16H,11-13H2,1-5H3,(H2,20,21,22). The first-order valence-corrected chi connectivity index (χ1v) is 10.2. The van der Waals surface area contributed by atoms with Crippen molar-refractivity contribution in [2.45, 2.75) is 63.8 Å². The van der Waals surface area contributed by atoms with Crippen molar-refractivity contribution in [2.75, 3.05) is 13.7 Å². The van der Waals surface area contributed by atoms with Crippen LogP contribution in [0.5, 0.6) is 0 Å². The zero-order valence-corrected chi connectivity index (χ0v) is 17.0. The van der Waals surface area contributed by atoms with E-state index in [1.165, 1.54) is 0 Å². The van der Waals surface area contributed by atoms with Gasteiger partial charge in [-0.1, -0.05) is 30.3 Å². The van der Waals surface area contributed by atoms with Crippen LogP contribution >= 0.6 is 7.82 Å². The van der Waals surface area contributed by atoms with Crippen LogP contribution in [0.3, 0.4) is 0 Å². The van der Waals surface area contributed by atoms with Gasteiger partial charge in [0.1, 0.15) is 6.10 Å². The van der Waals surface area contributed by atoms with Crippen LogP contribution in [0.15, 0.2) is 30.3 Å². The van der Waals surface area contributed by atoms with Crippen LogP contribution in [0.2, 0.25) is 0 Å². The largest absolute Gasteiger partial charge is 0.469 e. The van der Waals surface area contributed by atoms with Crippen LogP contribution in [-0.4, -0.2) is 45.7 Å². The first-order chi connectivity index (χ1) is 11.9. The van der Waals surface area contributed by atoms with Crippen molar-refractivity contribution in [3.8, 4) is 0 Å². The molecule has 1 heterocycles. The highest BCUT2D eigenvalue weighted by molar-refractivity contribution is 7.46. The summed E-state index contributed by atoms with van der Waals surface area (Å²) in [7, 11) is -2.87. The molecule has 26 heavy (non-hydrogen) atoms. The van der Waals surface area contributed by atoms with Crippen molar-refractivity contribution in [1.82, 2.24) is 5.06 Å². The normalized spacial score (nSPS) is 22.3. The molecule has 1 aliphatic heterocycles. The molecule has 0 spiro atoms. The Morgan fingerprint density at radius 3 is 2.15 bits per heavy atom. The van der Waals surface area contributed by atoms with Crippen molar-refractivity contribution in [3.05, 3.63) is 35.9 Å². The van der Waals surface area contributed by atoms with Crippen LogP contribution < -0.4 is 0 Å². The van der Waals surface area contributed by atoms with Gasteiger partial charge in [0.05, 0.1) is 12.7 Å². The molecule has 0 aliphatic carbocycles. The predicted molar refractivity (Wildman–Crippen MR) is 98.3 cm³/mol. The topological polar surface area (TPSA) is 88.5 Å². The first-order valence-electron chi connectivity index (χ1n) is 8.69. The second-order valence-electron chi connectivity index (χ2n) is 7.98. The number of rotatable bonds is 7. The molecular formula is C18H30NO6P. The van der Waals surface area contributed by atoms with E-state index in [1.54, 1.807) is 7.11 Å². The van der Waals surface area contributed by atoms with Gasteiger partial charge in [0.25, 0.3) is 0 Å². The molecule has 0 aromatic heterocycles. The second-order valence-corrected chi connectivity index (χ2v) is 9.22. The van der Waals surface area contributed by atoms with Crippen LogP contribution in [0.25, 0.3) is 0 Å². The van der Waals surface area contributed by atoms with Gasteiger partial charge in [-0.15, -0.1) is 0 Å². The predicted octanol–water partition coefficient (Wildman–Crippen LogP) is 3.44. The van der Waals surface area contributed by atoms with Crippen molar-refractivity contribution < 1.29 is 28.5 Å². The van der Waals surface area contributed by atoms with E-state index in [-0.39, 0.29) is 23.8 Å². The summed E-state index contributed by atoms with van der Waals surface area (Å²) >= 11 is 0. The fraction of sp³-hybridized carbons (Fsp3) is 0.667. The maximum atomic E-state index is 11.2. The molecule has 1 aromatic rings. The molecule has 0 saturated carbocycles. The highest BCUT2D eigenvalue weighted by Gasteiger charge is 2.47. The molecule has 8 heteroatoms. The van der Waals surface area contributed by atoms with Crippen LogP contribution in [0.4, 0.5) is 0 Å². The number of nitrogens with zero attached hydrogens (tertiary/aromatic N) is 1. The van der Waals surface area contributed by atoms with Gasteiger partial charge >= 0.3 is 7.82 Å². The zero-order valence-electron chi connectivity index (χ0n) is 16.1. The third kappa shape index (κ3) is 5.60. The fourth-order valence-corrected chi connectivity index (χ4v) is 4.10. The number of phosphoric ester groups is 1. The molecule has 7 nitrogen and oxygen atoms in total. The SMILES string of the molecule is COC1CC(C)(C)N(OC(COP(=O)(O)O)c2ccccc2)C(C)(C)C1. The number of hydrogen-bond acceptors (Lipinski definition) is 5. The van der Waals surface area contributed by atoms with Gasteiger partial charge in [-0.3, -0.25) is 9.36 Å². The van der Waals surface area contributed by atoms with Gasteiger partial charge in [0.2, 0.25) is 0 Å². The molecule has 0 radical (unpaired) electrons. The van der Waals surface area contributed by atoms with Gasteiger partial charge in [-0.25, -0.2) is 4.57 Å². The minimum atomic E-state index is -4.59. The van der Waals surface area contributed by atoms with E-state index in [9.17, 15) is 4.57 Å². The Hall–Kier alpha value is -0.790. The molecule has 1 saturated heterocycles. The summed E-state index contributed by atoms with van der Waals surface area (Å²) in [5, 5.41) is 1.93. The number of benzene rings is 1. The maximum absolute atomic E-state index is 11.2. The van der Waals surface area contributed by atoms with Gasteiger partial charge in [0.15, 0.2) is 0 Å². The van der Waals surface area contributed by atoms with Crippen molar-refractivity contribution in [2.24, 2.45) is 0 Å². The lowest BCUT2D eigenvalue weighted by Crippen LogP contribution is -2.62. The molecule has 148 valence electrons. The zero-order chi connectivity index (χ0) is 19.6. The summed E-state index contributed by atoms with van der Waals surface area (Å²) in [6.45, 7) is 8.06. The molecule has 1 fully saturated rings. The van der Waals surface area contributed by atoms with E-state index in [2.05, 4.69) is 27.7 Å². The van der Waals surface area contributed by atoms with Crippen molar-refractivity contribution >= 4 is 7.82 Å². The molecule has 2 N–H and O–H groups in total. The second kappa shape index (κ2) is 8.07. The third-order valence-electron chi connectivity index (χ3n) is 4.69. The quantitative estimate of drug-likeness (QED) is 0.693. The summed E-state index contributed by atoms with van der Waals surface area (Å²) in [6, 6.07) is 9.31. The Morgan fingerprint density at radius 1 is 1.15 bits per heavy atom. The van der Waals surface area contributed by atoms with Crippen LogP contribution in [-0.2, 0) is 18.7 Å². The Labute approximate surface area is 155 Å². The average Bonchev–Trinajstić information content (AvgIpc) is 2.52. The van der Waals surface area contributed by atoms with E-state index >= 15 is 0 Å². The highest BCUT2D eigenvalue weighted by atomic mass is 31.2. The lowest BCUT2D eigenvalue weighted by molar-refractivity contribution is -0.320. The number of methoxy groups -OCH3 is 1.